The van der Waals surface area contributed by atoms with E-state index >= 15 is 0 Å². The highest BCUT2D eigenvalue weighted by Gasteiger charge is 1.86. The zero-order chi connectivity index (χ0) is 9.40. The second kappa shape index (κ2) is 6.18. The largest absolute Gasteiger partial charge is 0.192 e. The van der Waals surface area contributed by atoms with Crippen LogP contribution in [-0.4, -0.2) is 0 Å². The molecule has 0 spiro atoms. The van der Waals surface area contributed by atoms with Crippen LogP contribution in [0.3, 0.4) is 0 Å². The number of rotatable bonds is 3. The molecule has 0 aliphatic carbocycles. The SMILES string of the molecule is C=C/C=C/C(C)=C\C(C#N)=C/C. The van der Waals surface area contributed by atoms with E-state index in [4.69, 9.17) is 5.26 Å². The molecule has 0 bridgehead atoms. The first-order valence-electron chi connectivity index (χ1n) is 3.78. The van der Waals surface area contributed by atoms with Gasteiger partial charge in [-0.15, -0.1) is 0 Å². The third-order valence-corrected chi connectivity index (χ3v) is 1.32. The Morgan fingerprint density at radius 1 is 1.50 bits per heavy atom. The lowest BCUT2D eigenvalue weighted by Gasteiger charge is -1.89. The van der Waals surface area contributed by atoms with Crippen molar-refractivity contribution < 1.29 is 0 Å². The Labute approximate surface area is 74.0 Å². The van der Waals surface area contributed by atoms with Gasteiger partial charge in [0.2, 0.25) is 0 Å². The van der Waals surface area contributed by atoms with Crippen LogP contribution < -0.4 is 0 Å². The average Bonchev–Trinajstić information content (AvgIpc) is 2.10. The molecule has 1 heteroatoms. The van der Waals surface area contributed by atoms with E-state index in [1.807, 2.05) is 32.1 Å². The van der Waals surface area contributed by atoms with Gasteiger partial charge in [0.05, 0.1) is 6.07 Å². The van der Waals surface area contributed by atoms with Gasteiger partial charge in [-0.2, -0.15) is 5.26 Å². The Morgan fingerprint density at radius 3 is 2.58 bits per heavy atom. The third kappa shape index (κ3) is 4.29. The van der Waals surface area contributed by atoms with E-state index in [9.17, 15) is 0 Å². The van der Waals surface area contributed by atoms with E-state index in [-0.39, 0.29) is 0 Å². The molecule has 0 saturated carbocycles. The second-order valence-electron chi connectivity index (χ2n) is 2.34. The number of allylic oxidation sites excluding steroid dienone is 7. The van der Waals surface area contributed by atoms with E-state index in [1.165, 1.54) is 0 Å². The molecule has 1 nitrogen and oxygen atoms in total. The summed E-state index contributed by atoms with van der Waals surface area (Å²) < 4.78 is 0. The Morgan fingerprint density at radius 2 is 2.17 bits per heavy atom. The van der Waals surface area contributed by atoms with Crippen molar-refractivity contribution >= 4 is 0 Å². The molecule has 0 aromatic rings. The number of nitrogens with zero attached hydrogens (tertiary/aromatic N) is 1. The van der Waals surface area contributed by atoms with Crippen molar-refractivity contribution in [2.75, 3.05) is 0 Å². The first-order chi connectivity index (χ1) is 5.74. The summed E-state index contributed by atoms with van der Waals surface area (Å²) in [4.78, 5) is 0. The minimum absolute atomic E-state index is 0.682. The van der Waals surface area contributed by atoms with Gasteiger partial charge in [-0.25, -0.2) is 0 Å². The minimum atomic E-state index is 0.682. The lowest BCUT2D eigenvalue weighted by atomic mass is 10.1. The molecule has 0 atom stereocenters. The molecule has 0 aromatic heterocycles. The molecule has 0 N–H and O–H groups in total. The predicted octanol–water partition coefficient (Wildman–Crippen LogP) is 3.14. The summed E-state index contributed by atoms with van der Waals surface area (Å²) in [5, 5.41) is 8.59. The van der Waals surface area contributed by atoms with E-state index in [0.717, 1.165) is 5.57 Å². The summed E-state index contributed by atoms with van der Waals surface area (Å²) in [5.41, 5.74) is 1.73. The minimum Gasteiger partial charge on any atom is -0.192 e. The summed E-state index contributed by atoms with van der Waals surface area (Å²) in [6.45, 7) is 7.35. The first-order valence-corrected chi connectivity index (χ1v) is 3.78. The van der Waals surface area contributed by atoms with Gasteiger partial charge in [0, 0.05) is 5.57 Å². The first kappa shape index (κ1) is 10.4. The number of nitriles is 1. The predicted molar refractivity (Wildman–Crippen MR) is 52.5 cm³/mol. The Kier molecular flexibility index (Phi) is 5.38. The van der Waals surface area contributed by atoms with Crippen LogP contribution in [-0.2, 0) is 0 Å². The average molecular weight is 159 g/mol. The van der Waals surface area contributed by atoms with Crippen LogP contribution in [0.4, 0.5) is 0 Å². The van der Waals surface area contributed by atoms with Gasteiger partial charge in [0.15, 0.2) is 0 Å². The van der Waals surface area contributed by atoms with Gasteiger partial charge < -0.3 is 0 Å². The molecular formula is C11H13N. The van der Waals surface area contributed by atoms with Gasteiger partial charge in [0.1, 0.15) is 0 Å². The molecule has 62 valence electrons. The van der Waals surface area contributed by atoms with E-state index in [1.54, 1.807) is 12.2 Å². The van der Waals surface area contributed by atoms with Crippen molar-refractivity contribution in [3.63, 3.8) is 0 Å². The summed E-state index contributed by atoms with van der Waals surface area (Å²) >= 11 is 0. The summed E-state index contributed by atoms with van der Waals surface area (Å²) in [5.74, 6) is 0. The second-order valence-corrected chi connectivity index (χ2v) is 2.34. The molecule has 0 radical (unpaired) electrons. The van der Waals surface area contributed by atoms with Gasteiger partial charge >= 0.3 is 0 Å². The third-order valence-electron chi connectivity index (χ3n) is 1.32. The highest BCUT2D eigenvalue weighted by atomic mass is 14.2. The van der Waals surface area contributed by atoms with Crippen molar-refractivity contribution in [3.05, 3.63) is 48.1 Å². The van der Waals surface area contributed by atoms with Crippen LogP contribution in [0.25, 0.3) is 0 Å². The van der Waals surface area contributed by atoms with E-state index in [0.29, 0.717) is 5.57 Å². The van der Waals surface area contributed by atoms with Crippen LogP contribution in [0.1, 0.15) is 13.8 Å². The lowest BCUT2D eigenvalue weighted by Crippen LogP contribution is -1.73. The maximum absolute atomic E-state index is 8.59. The monoisotopic (exact) mass is 159 g/mol. The van der Waals surface area contributed by atoms with Crippen molar-refractivity contribution in [1.29, 1.82) is 5.26 Å². The fourth-order valence-corrected chi connectivity index (χ4v) is 0.693. The summed E-state index contributed by atoms with van der Waals surface area (Å²) in [6, 6.07) is 2.08. The smallest absolute Gasteiger partial charge is 0.0988 e. The van der Waals surface area contributed by atoms with Gasteiger partial charge in [-0.3, -0.25) is 0 Å². The standard InChI is InChI=1S/C11H13N/c1-4-6-7-10(3)8-11(5-2)9-12/h4-8H,1H2,2-3H3/b7-6+,10-8-,11-5+. The van der Waals surface area contributed by atoms with Crippen LogP contribution in [0.15, 0.2) is 48.1 Å². The highest BCUT2D eigenvalue weighted by molar-refractivity contribution is 5.37. The number of hydrogen-bond acceptors (Lipinski definition) is 1. The van der Waals surface area contributed by atoms with Crippen LogP contribution in [0.2, 0.25) is 0 Å². The number of hydrogen-bond donors (Lipinski definition) is 0. The molecule has 0 rings (SSSR count). The molecule has 0 unspecified atom stereocenters. The normalized spacial score (nSPS) is 13.1. The molecule has 0 saturated heterocycles. The molecule has 0 aromatic carbocycles. The van der Waals surface area contributed by atoms with Crippen molar-refractivity contribution in [2.24, 2.45) is 0 Å². The van der Waals surface area contributed by atoms with Crippen LogP contribution >= 0.6 is 0 Å². The molecule has 0 fully saturated rings. The van der Waals surface area contributed by atoms with Crippen molar-refractivity contribution in [3.8, 4) is 6.07 Å². The zero-order valence-corrected chi connectivity index (χ0v) is 7.54. The van der Waals surface area contributed by atoms with E-state index in [2.05, 4.69) is 12.6 Å². The lowest BCUT2D eigenvalue weighted by molar-refractivity contribution is 1.44. The van der Waals surface area contributed by atoms with Crippen LogP contribution in [0, 0.1) is 11.3 Å². The Hall–Kier alpha value is -1.55. The van der Waals surface area contributed by atoms with Gasteiger partial charge in [-0.05, 0) is 25.5 Å². The molecule has 0 amide bonds. The maximum Gasteiger partial charge on any atom is 0.0988 e. The maximum atomic E-state index is 8.59. The summed E-state index contributed by atoms with van der Waals surface area (Å²) in [7, 11) is 0. The molecule has 0 heterocycles. The fraction of sp³-hybridized carbons (Fsp3) is 0.182. The summed E-state index contributed by atoms with van der Waals surface area (Å²) in [6.07, 6.45) is 9.08. The van der Waals surface area contributed by atoms with Crippen LogP contribution in [0.5, 0.6) is 0 Å². The topological polar surface area (TPSA) is 23.8 Å². The Bertz CT molecular complexity index is 272. The highest BCUT2D eigenvalue weighted by Crippen LogP contribution is 2.02. The fourth-order valence-electron chi connectivity index (χ4n) is 0.693. The molecule has 0 aliphatic rings. The molecule has 0 aliphatic heterocycles. The van der Waals surface area contributed by atoms with Gasteiger partial charge in [0.25, 0.3) is 0 Å². The Balaban J connectivity index is 4.47. The van der Waals surface area contributed by atoms with Crippen molar-refractivity contribution in [1.82, 2.24) is 0 Å². The van der Waals surface area contributed by atoms with E-state index < -0.39 is 0 Å². The molecule has 12 heavy (non-hydrogen) atoms. The van der Waals surface area contributed by atoms with Crippen molar-refractivity contribution in [2.45, 2.75) is 13.8 Å². The molecular weight excluding hydrogens is 146 g/mol. The van der Waals surface area contributed by atoms with Gasteiger partial charge in [-0.1, -0.05) is 30.9 Å². The quantitative estimate of drug-likeness (QED) is 0.458. The zero-order valence-electron chi connectivity index (χ0n) is 7.54.